The van der Waals surface area contributed by atoms with E-state index in [4.69, 9.17) is 9.47 Å². The molecule has 11 heteroatoms. The predicted octanol–water partition coefficient (Wildman–Crippen LogP) is 4.72. The number of amides is 1. The molecule has 0 saturated heterocycles. The van der Waals surface area contributed by atoms with E-state index in [9.17, 15) is 18.4 Å². The largest absolute Gasteiger partial charge is 0.497 e. The average Bonchev–Trinajstić information content (AvgIpc) is 2.87. The molecule has 1 aromatic carbocycles. The number of hydrazine groups is 1. The van der Waals surface area contributed by atoms with Crippen molar-refractivity contribution >= 4 is 28.2 Å². The molecule has 1 aliphatic carbocycles. The number of hydrogen-bond donors (Lipinski definition) is 2. The SMILES string of the molecule is CCCCCOC1CCC(CC(=O)NN(O)Cc2ccnc(S(=O)(=O)c3ccc(OC)cc3)c2)CC1.Cl. The third-order valence-electron chi connectivity index (χ3n) is 6.40. The molecule has 9 nitrogen and oxygen atoms in total. The zero-order chi connectivity index (χ0) is 26.0. The van der Waals surface area contributed by atoms with Crippen molar-refractivity contribution in [2.75, 3.05) is 13.7 Å². The van der Waals surface area contributed by atoms with E-state index in [1.165, 1.54) is 44.3 Å². The number of hydroxylamine groups is 1. The maximum Gasteiger partial charge on any atom is 0.236 e. The standard InChI is InChI=1S/C26H37N3O6S.ClH/c1-3-4-5-16-35-23-8-6-20(7-9-23)17-25(30)28-29(31)19-21-14-15-27-26(18-21)36(32,33)24-12-10-22(34-2)11-13-24;/h10-15,18,20,23,31H,3-9,16-17,19H2,1-2H3,(H,28,30);1H. The van der Waals surface area contributed by atoms with Gasteiger partial charge >= 0.3 is 0 Å². The minimum atomic E-state index is -3.84. The van der Waals surface area contributed by atoms with E-state index in [2.05, 4.69) is 17.3 Å². The number of carbonyl (C=O) groups excluding carboxylic acids is 1. The second-order valence-corrected chi connectivity index (χ2v) is 11.1. The summed E-state index contributed by atoms with van der Waals surface area (Å²) < 4.78 is 36.9. The fourth-order valence-corrected chi connectivity index (χ4v) is 5.58. The number of sulfone groups is 1. The lowest BCUT2D eigenvalue weighted by atomic mass is 9.85. The highest BCUT2D eigenvalue weighted by molar-refractivity contribution is 7.91. The summed E-state index contributed by atoms with van der Waals surface area (Å²) in [6, 6.07) is 9.00. The molecular weight excluding hydrogens is 518 g/mol. The molecule has 0 atom stereocenters. The summed E-state index contributed by atoms with van der Waals surface area (Å²) in [5, 5.41) is 10.8. The first-order chi connectivity index (χ1) is 17.3. The Morgan fingerprint density at radius 1 is 1.14 bits per heavy atom. The second-order valence-electron chi connectivity index (χ2n) is 9.20. The predicted molar refractivity (Wildman–Crippen MR) is 141 cm³/mol. The lowest BCUT2D eigenvalue weighted by Gasteiger charge is -2.28. The van der Waals surface area contributed by atoms with Gasteiger partial charge in [0, 0.05) is 19.2 Å². The van der Waals surface area contributed by atoms with Crippen molar-refractivity contribution in [1.82, 2.24) is 15.6 Å². The molecule has 1 fully saturated rings. The molecule has 0 bridgehead atoms. The Labute approximate surface area is 225 Å². The molecule has 2 aromatic rings. The smallest absolute Gasteiger partial charge is 0.236 e. The Morgan fingerprint density at radius 2 is 1.84 bits per heavy atom. The quantitative estimate of drug-likeness (QED) is 0.269. The maximum absolute atomic E-state index is 12.9. The summed E-state index contributed by atoms with van der Waals surface area (Å²) in [6.45, 7) is 2.89. The number of benzene rings is 1. The Morgan fingerprint density at radius 3 is 2.49 bits per heavy atom. The van der Waals surface area contributed by atoms with Crippen molar-refractivity contribution in [2.45, 2.75) is 80.9 Å². The fraction of sp³-hybridized carbons (Fsp3) is 0.538. The Hall–Kier alpha value is -2.24. The molecule has 0 radical (unpaired) electrons. The summed E-state index contributed by atoms with van der Waals surface area (Å²) >= 11 is 0. The molecule has 1 saturated carbocycles. The fourth-order valence-electron chi connectivity index (χ4n) is 4.34. The van der Waals surface area contributed by atoms with Crippen molar-refractivity contribution in [3.05, 3.63) is 48.2 Å². The highest BCUT2D eigenvalue weighted by Crippen LogP contribution is 2.29. The molecule has 0 spiro atoms. The van der Waals surface area contributed by atoms with Gasteiger partial charge in [-0.3, -0.25) is 15.4 Å². The lowest BCUT2D eigenvalue weighted by Crippen LogP contribution is -2.40. The Kier molecular flexibility index (Phi) is 12.8. The molecule has 206 valence electrons. The van der Waals surface area contributed by atoms with Gasteiger partial charge in [0.1, 0.15) is 5.75 Å². The first-order valence-electron chi connectivity index (χ1n) is 12.5. The third-order valence-corrected chi connectivity index (χ3v) is 8.07. The van der Waals surface area contributed by atoms with Crippen molar-refractivity contribution in [3.63, 3.8) is 0 Å². The van der Waals surface area contributed by atoms with E-state index in [0.29, 0.717) is 22.9 Å². The van der Waals surface area contributed by atoms with Crippen LogP contribution in [0, 0.1) is 5.92 Å². The zero-order valence-corrected chi connectivity index (χ0v) is 23.1. The van der Waals surface area contributed by atoms with Crippen LogP contribution in [0.1, 0.15) is 63.9 Å². The molecule has 1 aromatic heterocycles. The molecule has 0 aliphatic heterocycles. The van der Waals surface area contributed by atoms with Gasteiger partial charge in [0.2, 0.25) is 15.7 Å². The topological polar surface area (TPSA) is 118 Å². The van der Waals surface area contributed by atoms with E-state index in [1.807, 2.05) is 0 Å². The molecule has 1 aliphatic rings. The minimum Gasteiger partial charge on any atom is -0.497 e. The number of unbranched alkanes of at least 4 members (excludes halogenated alkanes) is 2. The molecule has 2 N–H and O–H groups in total. The van der Waals surface area contributed by atoms with Crippen LogP contribution in [0.25, 0.3) is 0 Å². The van der Waals surface area contributed by atoms with Crippen molar-refractivity contribution < 1.29 is 27.9 Å². The van der Waals surface area contributed by atoms with Gasteiger partial charge in [-0.15, -0.1) is 12.4 Å². The van der Waals surface area contributed by atoms with Crippen molar-refractivity contribution in [1.29, 1.82) is 0 Å². The number of pyridine rings is 1. The monoisotopic (exact) mass is 555 g/mol. The van der Waals surface area contributed by atoms with Crippen LogP contribution in [0.4, 0.5) is 0 Å². The Balaban J connectivity index is 0.00000481. The van der Waals surface area contributed by atoms with E-state index in [-0.39, 0.29) is 46.8 Å². The summed E-state index contributed by atoms with van der Waals surface area (Å²) in [7, 11) is -2.34. The number of aromatic nitrogens is 1. The maximum atomic E-state index is 12.9. The van der Waals surface area contributed by atoms with Crippen LogP contribution in [-0.2, 0) is 25.9 Å². The number of methoxy groups -OCH3 is 1. The Bertz CT molecular complexity index is 1080. The lowest BCUT2D eigenvalue weighted by molar-refractivity contribution is -0.166. The highest BCUT2D eigenvalue weighted by atomic mass is 35.5. The number of nitrogens with zero attached hydrogens (tertiary/aromatic N) is 2. The van der Waals surface area contributed by atoms with E-state index in [1.54, 1.807) is 18.2 Å². The molecular formula is C26H38ClN3O6S. The van der Waals surface area contributed by atoms with Crippen molar-refractivity contribution in [2.24, 2.45) is 5.92 Å². The molecule has 3 rings (SSSR count). The number of nitrogens with one attached hydrogen (secondary N) is 1. The number of halogens is 1. The molecule has 37 heavy (non-hydrogen) atoms. The minimum absolute atomic E-state index is 0. The first-order valence-corrected chi connectivity index (χ1v) is 14.0. The van der Waals surface area contributed by atoms with E-state index in [0.717, 1.165) is 38.7 Å². The van der Waals surface area contributed by atoms with E-state index < -0.39 is 9.84 Å². The normalized spacial score (nSPS) is 17.7. The van der Waals surface area contributed by atoms with Crippen LogP contribution in [0.3, 0.4) is 0 Å². The van der Waals surface area contributed by atoms with Crippen LogP contribution in [0.2, 0.25) is 0 Å². The van der Waals surface area contributed by atoms with Crippen LogP contribution in [0.5, 0.6) is 5.75 Å². The molecule has 1 amide bonds. The van der Waals surface area contributed by atoms with Crippen LogP contribution in [0.15, 0.2) is 52.5 Å². The summed E-state index contributed by atoms with van der Waals surface area (Å²) in [5.74, 6) is 0.534. The summed E-state index contributed by atoms with van der Waals surface area (Å²) in [5.41, 5.74) is 2.96. The average molecular weight is 556 g/mol. The first kappa shape index (κ1) is 31.0. The van der Waals surface area contributed by atoms with Crippen molar-refractivity contribution in [3.8, 4) is 5.75 Å². The van der Waals surface area contributed by atoms with Gasteiger partial charge in [-0.25, -0.2) is 13.4 Å². The van der Waals surface area contributed by atoms with Gasteiger partial charge in [0.15, 0.2) is 5.03 Å². The van der Waals surface area contributed by atoms with Gasteiger partial charge in [0.25, 0.3) is 0 Å². The van der Waals surface area contributed by atoms with E-state index >= 15 is 0 Å². The second kappa shape index (κ2) is 15.2. The van der Waals surface area contributed by atoms with Gasteiger partial charge < -0.3 is 9.47 Å². The molecule has 1 heterocycles. The van der Waals surface area contributed by atoms with Gasteiger partial charge in [0.05, 0.1) is 24.7 Å². The number of carbonyl (C=O) groups is 1. The molecule has 0 unspecified atom stereocenters. The zero-order valence-electron chi connectivity index (χ0n) is 21.5. The number of ether oxygens (including phenoxy) is 2. The van der Waals surface area contributed by atoms with Crippen LogP contribution in [-0.4, -0.2) is 49.5 Å². The number of rotatable bonds is 13. The highest BCUT2D eigenvalue weighted by Gasteiger charge is 2.24. The summed E-state index contributed by atoms with van der Waals surface area (Å²) in [4.78, 5) is 16.5. The summed E-state index contributed by atoms with van der Waals surface area (Å²) in [6.07, 6.45) is 9.19. The van der Waals surface area contributed by atoms with Crippen LogP contribution < -0.4 is 10.2 Å². The van der Waals surface area contributed by atoms with Gasteiger partial charge in [-0.05, 0) is 80.0 Å². The van der Waals surface area contributed by atoms with Gasteiger partial charge in [-0.1, -0.05) is 24.9 Å². The van der Waals surface area contributed by atoms with Gasteiger partial charge in [-0.2, -0.15) is 0 Å². The number of hydrogen-bond acceptors (Lipinski definition) is 8. The van der Waals surface area contributed by atoms with Crippen LogP contribution >= 0.6 is 12.4 Å². The third kappa shape index (κ3) is 9.54.